The average molecular weight is 320 g/mol. The number of benzene rings is 1. The average Bonchev–Trinajstić information content (AvgIpc) is 2.82. The van der Waals surface area contributed by atoms with Gasteiger partial charge in [-0.3, -0.25) is 9.59 Å². The monoisotopic (exact) mass is 320 g/mol. The van der Waals surface area contributed by atoms with Gasteiger partial charge in [-0.15, -0.1) is 0 Å². The number of amides is 1. The Morgan fingerprint density at radius 2 is 1.96 bits per heavy atom. The molecule has 0 aliphatic carbocycles. The van der Waals surface area contributed by atoms with Crippen LogP contribution in [0.2, 0.25) is 0 Å². The van der Waals surface area contributed by atoms with Crippen molar-refractivity contribution >= 4 is 11.9 Å². The number of fused-ring (bicyclic) bond motifs is 1. The number of carbonyl (C=O) groups excluding carboxylic acids is 1. The topological polar surface area (TPSA) is 109 Å². The highest BCUT2D eigenvalue weighted by atomic mass is 16.5. The molecule has 1 N–H and O–H groups in total. The Kier molecular flexibility index (Phi) is 4.60. The zero-order valence-electron chi connectivity index (χ0n) is 13.0. The molecule has 1 amide bonds. The van der Waals surface area contributed by atoms with E-state index in [0.29, 0.717) is 11.3 Å². The number of ether oxygens (including phenoxy) is 3. The highest BCUT2D eigenvalue weighted by molar-refractivity contribution is 6.02. The molecule has 1 heterocycles. The number of aliphatic carboxylic acids is 1. The lowest BCUT2D eigenvalue weighted by molar-refractivity contribution is -0.137. The summed E-state index contributed by atoms with van der Waals surface area (Å²) in [5.74, 6) is -0.672. The Morgan fingerprint density at radius 3 is 2.43 bits per heavy atom. The summed E-state index contributed by atoms with van der Waals surface area (Å²) in [5, 5.41) is 18.3. The van der Waals surface area contributed by atoms with E-state index < -0.39 is 17.9 Å². The fourth-order valence-corrected chi connectivity index (χ4v) is 2.64. The SMILES string of the molecule is COc1cc2c(c(OC)c1OC)C(C#N)N(CCC(=O)O)C2=O. The Labute approximate surface area is 132 Å². The molecule has 1 unspecified atom stereocenters. The number of methoxy groups -OCH3 is 3. The van der Waals surface area contributed by atoms with Gasteiger partial charge in [-0.2, -0.15) is 5.26 Å². The molecule has 122 valence electrons. The summed E-state index contributed by atoms with van der Waals surface area (Å²) in [6, 6.07) is 2.56. The van der Waals surface area contributed by atoms with Gasteiger partial charge in [0.05, 0.1) is 39.4 Å². The summed E-state index contributed by atoms with van der Waals surface area (Å²) < 4.78 is 15.8. The van der Waals surface area contributed by atoms with E-state index in [4.69, 9.17) is 19.3 Å². The van der Waals surface area contributed by atoms with Crippen molar-refractivity contribution < 1.29 is 28.9 Å². The number of nitriles is 1. The van der Waals surface area contributed by atoms with Crippen molar-refractivity contribution in [2.75, 3.05) is 27.9 Å². The van der Waals surface area contributed by atoms with E-state index in [2.05, 4.69) is 0 Å². The zero-order chi connectivity index (χ0) is 17.1. The van der Waals surface area contributed by atoms with Crippen molar-refractivity contribution in [3.63, 3.8) is 0 Å². The Balaban J connectivity index is 2.60. The molecule has 1 atom stereocenters. The highest BCUT2D eigenvalue weighted by Gasteiger charge is 2.41. The van der Waals surface area contributed by atoms with Crippen molar-refractivity contribution in [1.29, 1.82) is 5.26 Å². The van der Waals surface area contributed by atoms with Gasteiger partial charge in [0.25, 0.3) is 5.91 Å². The Morgan fingerprint density at radius 1 is 1.30 bits per heavy atom. The van der Waals surface area contributed by atoms with Crippen LogP contribution < -0.4 is 14.2 Å². The number of carboxylic acid groups (broad SMARTS) is 1. The van der Waals surface area contributed by atoms with Crippen LogP contribution in [0.1, 0.15) is 28.4 Å². The maximum atomic E-state index is 12.5. The van der Waals surface area contributed by atoms with Crippen molar-refractivity contribution in [2.24, 2.45) is 0 Å². The van der Waals surface area contributed by atoms with Gasteiger partial charge in [0, 0.05) is 12.1 Å². The van der Waals surface area contributed by atoms with Crippen molar-refractivity contribution in [3.05, 3.63) is 17.2 Å². The minimum absolute atomic E-state index is 0.0745. The molecule has 0 saturated heterocycles. The second kappa shape index (κ2) is 6.44. The Hall–Kier alpha value is -2.95. The van der Waals surface area contributed by atoms with E-state index in [1.54, 1.807) is 0 Å². The van der Waals surface area contributed by atoms with Crippen molar-refractivity contribution in [1.82, 2.24) is 4.90 Å². The second-order valence-electron chi connectivity index (χ2n) is 4.78. The molecule has 0 aromatic heterocycles. The van der Waals surface area contributed by atoms with Gasteiger partial charge in [0.1, 0.15) is 6.04 Å². The lowest BCUT2D eigenvalue weighted by atomic mass is 10.0. The van der Waals surface area contributed by atoms with Crippen LogP contribution in [-0.4, -0.2) is 49.8 Å². The van der Waals surface area contributed by atoms with Gasteiger partial charge in [0.2, 0.25) is 5.75 Å². The van der Waals surface area contributed by atoms with Gasteiger partial charge >= 0.3 is 5.97 Å². The molecule has 2 rings (SSSR count). The number of rotatable bonds is 6. The molecule has 1 aliphatic rings. The van der Waals surface area contributed by atoms with Crippen LogP contribution in [0.25, 0.3) is 0 Å². The van der Waals surface area contributed by atoms with Crippen LogP contribution >= 0.6 is 0 Å². The third kappa shape index (κ3) is 2.61. The number of hydrogen-bond donors (Lipinski definition) is 1. The van der Waals surface area contributed by atoms with Gasteiger partial charge in [-0.1, -0.05) is 0 Å². The molecule has 1 aliphatic heterocycles. The molecule has 8 heteroatoms. The predicted molar refractivity (Wildman–Crippen MR) is 77.7 cm³/mol. The first-order chi connectivity index (χ1) is 11.0. The molecule has 23 heavy (non-hydrogen) atoms. The minimum Gasteiger partial charge on any atom is -0.493 e. The van der Waals surface area contributed by atoms with Crippen molar-refractivity contribution in [3.8, 4) is 23.3 Å². The highest BCUT2D eigenvalue weighted by Crippen LogP contribution is 2.49. The third-order valence-corrected chi connectivity index (χ3v) is 3.63. The summed E-state index contributed by atoms with van der Waals surface area (Å²) in [6.07, 6.45) is -0.255. The van der Waals surface area contributed by atoms with Gasteiger partial charge in [-0.05, 0) is 6.07 Å². The first-order valence-corrected chi connectivity index (χ1v) is 6.75. The Bertz CT molecular complexity index is 694. The lowest BCUT2D eigenvalue weighted by Crippen LogP contribution is -2.29. The molecule has 8 nitrogen and oxygen atoms in total. The van der Waals surface area contributed by atoms with Crippen LogP contribution in [0.15, 0.2) is 6.07 Å². The minimum atomic E-state index is -1.05. The number of carbonyl (C=O) groups is 2. The summed E-state index contributed by atoms with van der Waals surface area (Å²) in [7, 11) is 4.25. The quantitative estimate of drug-likeness (QED) is 0.839. The summed E-state index contributed by atoms with van der Waals surface area (Å²) in [4.78, 5) is 24.5. The summed E-state index contributed by atoms with van der Waals surface area (Å²) in [6.45, 7) is -0.0745. The largest absolute Gasteiger partial charge is 0.493 e. The molecule has 0 spiro atoms. The number of nitrogens with zero attached hydrogens (tertiary/aromatic N) is 2. The maximum absolute atomic E-state index is 12.5. The molecule has 1 aromatic rings. The van der Waals surface area contributed by atoms with Crippen LogP contribution in [0.3, 0.4) is 0 Å². The van der Waals surface area contributed by atoms with Gasteiger partial charge in [0.15, 0.2) is 11.5 Å². The van der Waals surface area contributed by atoms with E-state index >= 15 is 0 Å². The summed E-state index contributed by atoms with van der Waals surface area (Å²) >= 11 is 0. The molecule has 1 aromatic carbocycles. The predicted octanol–water partition coefficient (Wildman–Crippen LogP) is 1.21. The molecular formula is C15H16N2O6. The lowest BCUT2D eigenvalue weighted by Gasteiger charge is -2.20. The molecule has 0 fully saturated rings. The second-order valence-corrected chi connectivity index (χ2v) is 4.78. The fourth-order valence-electron chi connectivity index (χ4n) is 2.64. The van der Waals surface area contributed by atoms with Crippen LogP contribution in [0.5, 0.6) is 17.2 Å². The molecular weight excluding hydrogens is 304 g/mol. The first-order valence-electron chi connectivity index (χ1n) is 6.75. The number of carboxylic acids is 1. The maximum Gasteiger partial charge on any atom is 0.305 e. The van der Waals surface area contributed by atoms with Crippen LogP contribution in [0.4, 0.5) is 0 Å². The molecule has 0 saturated carbocycles. The van der Waals surface area contributed by atoms with Gasteiger partial charge < -0.3 is 24.2 Å². The fraction of sp³-hybridized carbons (Fsp3) is 0.400. The summed E-state index contributed by atoms with van der Waals surface area (Å²) in [5.41, 5.74) is 0.611. The van der Waals surface area contributed by atoms with Crippen molar-refractivity contribution in [2.45, 2.75) is 12.5 Å². The number of hydrogen-bond acceptors (Lipinski definition) is 6. The van der Waals surface area contributed by atoms with Crippen LogP contribution in [0, 0.1) is 11.3 Å². The normalized spacial score (nSPS) is 15.8. The molecule has 0 radical (unpaired) electrons. The van der Waals surface area contributed by atoms with E-state index in [9.17, 15) is 14.9 Å². The first kappa shape index (κ1) is 16.4. The van der Waals surface area contributed by atoms with E-state index in [1.807, 2.05) is 6.07 Å². The zero-order valence-corrected chi connectivity index (χ0v) is 13.0. The van der Waals surface area contributed by atoms with Crippen LogP contribution in [-0.2, 0) is 4.79 Å². The van der Waals surface area contributed by atoms with Gasteiger partial charge in [-0.25, -0.2) is 0 Å². The third-order valence-electron chi connectivity index (χ3n) is 3.63. The smallest absolute Gasteiger partial charge is 0.305 e. The molecule has 0 bridgehead atoms. The van der Waals surface area contributed by atoms with E-state index in [0.717, 1.165) is 0 Å². The standard InChI is InChI=1S/C15H16N2O6/c1-21-10-6-8-12(14(23-3)13(10)22-2)9(7-16)17(15(8)20)5-4-11(18)19/h6,9H,4-5H2,1-3H3,(H,18,19). The van der Waals surface area contributed by atoms with E-state index in [-0.39, 0.29) is 30.0 Å². The van der Waals surface area contributed by atoms with E-state index in [1.165, 1.54) is 32.3 Å².